The molecule has 0 aromatic carbocycles. The first-order chi connectivity index (χ1) is 4.83. The molecule has 0 amide bonds. The minimum absolute atomic E-state index is 0.308. The average molecular weight is 220 g/mol. The number of hydrogen-bond donors (Lipinski definition) is 0. The molecule has 0 saturated heterocycles. The second kappa shape index (κ2) is 4.14. The largest absolute Gasteiger partial charge is 0.542 e. The molecule has 0 N–H and O–H groups in total. The van der Waals surface area contributed by atoms with Gasteiger partial charge in [-0.3, -0.25) is 0 Å². The molecule has 0 unspecified atom stereocenters. The minimum Gasteiger partial charge on any atom is -0.542 e. The van der Waals surface area contributed by atoms with Gasteiger partial charge in [0.25, 0.3) is 0 Å². The quantitative estimate of drug-likeness (QED) is 0.521. The van der Waals surface area contributed by atoms with E-state index in [4.69, 9.17) is 34.8 Å². The zero-order valence-electron chi connectivity index (χ0n) is 5.11. The molecule has 2 nitrogen and oxygen atoms in total. The topological polar surface area (TPSA) is 40.1 Å². The summed E-state index contributed by atoms with van der Waals surface area (Å²) in [5.74, 6) is -3.35. The van der Waals surface area contributed by atoms with Crippen molar-refractivity contribution in [1.82, 2.24) is 0 Å². The van der Waals surface area contributed by atoms with Gasteiger partial charge in [0.2, 0.25) is 0 Å². The third kappa shape index (κ3) is 6.41. The van der Waals surface area contributed by atoms with E-state index in [1.54, 1.807) is 0 Å². The van der Waals surface area contributed by atoms with E-state index in [-0.39, 0.29) is 6.42 Å². The Morgan fingerprint density at radius 1 is 1.55 bits per heavy atom. The molecule has 0 aromatic rings. The van der Waals surface area contributed by atoms with E-state index < -0.39 is 15.6 Å². The Kier molecular flexibility index (Phi) is 4.14. The Morgan fingerprint density at radius 3 is 2.27 bits per heavy atom. The van der Waals surface area contributed by atoms with E-state index >= 15 is 0 Å². The van der Waals surface area contributed by atoms with Crippen LogP contribution in [-0.2, 0) is 4.79 Å². The number of halogens is 4. The van der Waals surface area contributed by atoms with Crippen LogP contribution in [0.4, 0.5) is 4.39 Å². The zero-order valence-corrected chi connectivity index (χ0v) is 7.38. The summed E-state index contributed by atoms with van der Waals surface area (Å²) >= 11 is 15.6. The van der Waals surface area contributed by atoms with Crippen LogP contribution in [-0.4, -0.2) is 9.76 Å². The predicted octanol–water partition coefficient (Wildman–Crippen LogP) is 1.35. The van der Waals surface area contributed by atoms with Crippen molar-refractivity contribution in [3.63, 3.8) is 0 Å². The summed E-state index contributed by atoms with van der Waals surface area (Å²) in [6.45, 7) is 0. The number of carbonyl (C=O) groups excluding carboxylic acids is 1. The second-order valence-electron chi connectivity index (χ2n) is 1.66. The lowest BCUT2D eigenvalue weighted by atomic mass is 10.4. The van der Waals surface area contributed by atoms with Crippen LogP contribution in [0.25, 0.3) is 0 Å². The first-order valence-electron chi connectivity index (χ1n) is 2.46. The molecule has 11 heavy (non-hydrogen) atoms. The van der Waals surface area contributed by atoms with Gasteiger partial charge in [-0.25, -0.2) is 4.39 Å². The van der Waals surface area contributed by atoms with Crippen LogP contribution in [0.15, 0.2) is 11.9 Å². The van der Waals surface area contributed by atoms with Gasteiger partial charge in [0.05, 0.1) is 5.97 Å². The van der Waals surface area contributed by atoms with E-state index in [0.29, 0.717) is 6.08 Å². The summed E-state index contributed by atoms with van der Waals surface area (Å²) in [4.78, 5) is 9.73. The molecule has 0 atom stereocenters. The third-order valence-corrected chi connectivity index (χ3v) is 1.17. The minimum atomic E-state index is -1.92. The second-order valence-corrected chi connectivity index (χ2v) is 4.17. The molecule has 64 valence electrons. The third-order valence-electron chi connectivity index (χ3n) is 0.708. The Morgan fingerprint density at radius 2 is 2.00 bits per heavy atom. The summed E-state index contributed by atoms with van der Waals surface area (Å²) < 4.78 is 10.4. The number of carboxylic acid groups (broad SMARTS) is 1. The van der Waals surface area contributed by atoms with Gasteiger partial charge in [-0.05, 0) is 6.08 Å². The first kappa shape index (κ1) is 11.0. The van der Waals surface area contributed by atoms with Gasteiger partial charge in [0.15, 0.2) is 3.79 Å². The molecular formula is C5H3Cl3FO2-. The van der Waals surface area contributed by atoms with Crippen molar-refractivity contribution in [2.45, 2.75) is 10.2 Å². The van der Waals surface area contributed by atoms with E-state index in [2.05, 4.69) is 0 Å². The van der Waals surface area contributed by atoms with Crippen LogP contribution in [0.5, 0.6) is 0 Å². The number of rotatable bonds is 2. The number of alkyl halides is 3. The van der Waals surface area contributed by atoms with Crippen molar-refractivity contribution >= 4 is 40.8 Å². The molecule has 6 heteroatoms. The lowest BCUT2D eigenvalue weighted by Crippen LogP contribution is -2.22. The molecule has 0 aromatic heterocycles. The number of carbonyl (C=O) groups is 1. The maximum Gasteiger partial charge on any atom is 0.194 e. The van der Waals surface area contributed by atoms with Crippen LogP contribution in [0.1, 0.15) is 6.42 Å². The van der Waals surface area contributed by atoms with E-state index in [1.807, 2.05) is 0 Å². The fourth-order valence-corrected chi connectivity index (χ4v) is 0.520. The number of carboxylic acids is 1. The van der Waals surface area contributed by atoms with E-state index in [0.717, 1.165) is 0 Å². The standard InChI is InChI=1S/C5H4Cl3FO2/c6-5(7,8)2-1-3(9)4(10)11/h1H,2H2,(H,10,11)/p-1/b3-1-. The normalized spacial score (nSPS) is 13.3. The van der Waals surface area contributed by atoms with Gasteiger partial charge in [-0.15, -0.1) is 0 Å². The summed E-state index contributed by atoms with van der Waals surface area (Å²) in [7, 11) is 0. The van der Waals surface area contributed by atoms with Crippen molar-refractivity contribution in [2.75, 3.05) is 0 Å². The van der Waals surface area contributed by atoms with E-state index in [9.17, 15) is 14.3 Å². The maximum absolute atomic E-state index is 12.1. The van der Waals surface area contributed by atoms with Gasteiger partial charge in [0, 0.05) is 6.42 Å². The molecule has 0 bridgehead atoms. The van der Waals surface area contributed by atoms with Crippen molar-refractivity contribution in [3.05, 3.63) is 11.9 Å². The summed E-state index contributed by atoms with van der Waals surface area (Å²) in [5.41, 5.74) is 0. The number of aliphatic carboxylic acids is 1. The number of hydrogen-bond acceptors (Lipinski definition) is 2. The van der Waals surface area contributed by atoms with Gasteiger partial charge in [0.1, 0.15) is 5.83 Å². The molecule has 0 radical (unpaired) electrons. The highest BCUT2D eigenvalue weighted by molar-refractivity contribution is 6.67. The van der Waals surface area contributed by atoms with Crippen LogP contribution < -0.4 is 5.11 Å². The lowest BCUT2D eigenvalue weighted by molar-refractivity contribution is -0.301. The highest BCUT2D eigenvalue weighted by Crippen LogP contribution is 2.30. The van der Waals surface area contributed by atoms with Crippen LogP contribution in [0.2, 0.25) is 0 Å². The molecule has 0 fully saturated rings. The smallest absolute Gasteiger partial charge is 0.194 e. The molecule has 0 spiro atoms. The van der Waals surface area contributed by atoms with Crippen molar-refractivity contribution < 1.29 is 14.3 Å². The van der Waals surface area contributed by atoms with Gasteiger partial charge >= 0.3 is 0 Å². The van der Waals surface area contributed by atoms with Crippen LogP contribution in [0, 0.1) is 0 Å². The molecule has 0 rings (SSSR count). The lowest BCUT2D eigenvalue weighted by Gasteiger charge is -2.06. The van der Waals surface area contributed by atoms with Crippen LogP contribution in [0.3, 0.4) is 0 Å². The average Bonchev–Trinajstić information content (AvgIpc) is 1.80. The Labute approximate surface area is 77.5 Å². The number of allylic oxidation sites excluding steroid dienone is 1. The van der Waals surface area contributed by atoms with Crippen molar-refractivity contribution in [3.8, 4) is 0 Å². The summed E-state index contributed by atoms with van der Waals surface area (Å²) in [5, 5.41) is 9.73. The van der Waals surface area contributed by atoms with Crippen molar-refractivity contribution in [2.24, 2.45) is 0 Å². The molecule has 0 heterocycles. The highest BCUT2D eigenvalue weighted by atomic mass is 35.6. The summed E-state index contributed by atoms with van der Waals surface area (Å²) in [6, 6.07) is 0. The molecule has 0 saturated carbocycles. The monoisotopic (exact) mass is 219 g/mol. The van der Waals surface area contributed by atoms with Crippen molar-refractivity contribution in [1.29, 1.82) is 0 Å². The zero-order chi connectivity index (χ0) is 9.07. The predicted molar refractivity (Wildman–Crippen MR) is 39.1 cm³/mol. The van der Waals surface area contributed by atoms with Crippen LogP contribution >= 0.6 is 34.8 Å². The summed E-state index contributed by atoms with van der Waals surface area (Å²) in [6.07, 6.45) is 0.333. The molecular weight excluding hydrogens is 217 g/mol. The Bertz CT molecular complexity index is 185. The SMILES string of the molecule is O=C([O-])/C(F)=C/CC(Cl)(Cl)Cl. The Balaban J connectivity index is 4.04. The maximum atomic E-state index is 12.1. The first-order valence-corrected chi connectivity index (χ1v) is 3.60. The molecule has 0 aliphatic rings. The molecule has 0 aliphatic heterocycles. The Hall–Kier alpha value is 0.01000. The fourth-order valence-electron chi connectivity index (χ4n) is 0.289. The van der Waals surface area contributed by atoms with Gasteiger partial charge in [-0.2, -0.15) is 0 Å². The van der Waals surface area contributed by atoms with E-state index in [1.165, 1.54) is 0 Å². The highest BCUT2D eigenvalue weighted by Gasteiger charge is 2.17. The van der Waals surface area contributed by atoms with Gasteiger partial charge < -0.3 is 9.90 Å². The molecule has 0 aliphatic carbocycles. The fraction of sp³-hybridized carbons (Fsp3) is 0.400. The van der Waals surface area contributed by atoms with Gasteiger partial charge in [-0.1, -0.05) is 34.8 Å².